The molecular formula is C30H29F5O2. The van der Waals surface area contributed by atoms with Crippen molar-refractivity contribution >= 4 is 5.57 Å². The van der Waals surface area contributed by atoms with Crippen LogP contribution >= 0.6 is 0 Å². The molecule has 1 aliphatic carbocycles. The SMILES string of the molecule is CCOc1ccc(-c2ccc(C3=CCC(CCc4ccc(C(C)O)c(F)c4F)CC3)cc2F)c(F)c1F. The van der Waals surface area contributed by atoms with E-state index in [-0.39, 0.29) is 40.5 Å². The number of halogens is 5. The second-order valence-electron chi connectivity index (χ2n) is 9.39. The molecule has 2 atom stereocenters. The van der Waals surface area contributed by atoms with E-state index in [0.29, 0.717) is 31.2 Å². The third-order valence-electron chi connectivity index (χ3n) is 6.96. The van der Waals surface area contributed by atoms with Crippen molar-refractivity contribution in [3.8, 4) is 16.9 Å². The first-order valence-corrected chi connectivity index (χ1v) is 12.5. The predicted octanol–water partition coefficient (Wildman–Crippen LogP) is 8.32. The number of aliphatic hydroxyl groups is 1. The van der Waals surface area contributed by atoms with Gasteiger partial charge in [0.15, 0.2) is 23.2 Å². The smallest absolute Gasteiger partial charge is 0.201 e. The summed E-state index contributed by atoms with van der Waals surface area (Å²) in [5.41, 5.74) is 1.65. The maximum absolute atomic E-state index is 15.0. The Morgan fingerprint density at radius 2 is 1.68 bits per heavy atom. The van der Waals surface area contributed by atoms with Crippen molar-refractivity contribution in [2.45, 2.75) is 52.1 Å². The molecule has 0 heterocycles. The van der Waals surface area contributed by atoms with Crippen LogP contribution in [0.5, 0.6) is 5.75 Å². The normalized spacial score (nSPS) is 16.4. The quantitative estimate of drug-likeness (QED) is 0.305. The highest BCUT2D eigenvalue weighted by molar-refractivity contribution is 5.72. The second-order valence-corrected chi connectivity index (χ2v) is 9.39. The fraction of sp³-hybridized carbons (Fsp3) is 0.333. The van der Waals surface area contributed by atoms with Gasteiger partial charge in [-0.3, -0.25) is 0 Å². The molecule has 196 valence electrons. The van der Waals surface area contributed by atoms with Gasteiger partial charge in [0.25, 0.3) is 0 Å². The Balaban J connectivity index is 1.43. The monoisotopic (exact) mass is 516 g/mol. The predicted molar refractivity (Wildman–Crippen MR) is 134 cm³/mol. The number of aryl methyl sites for hydroxylation is 1. The number of benzene rings is 3. The van der Waals surface area contributed by atoms with Crippen molar-refractivity contribution in [3.63, 3.8) is 0 Å². The summed E-state index contributed by atoms with van der Waals surface area (Å²) in [7, 11) is 0. The summed E-state index contributed by atoms with van der Waals surface area (Å²) in [6.45, 7) is 3.23. The van der Waals surface area contributed by atoms with Crippen LogP contribution in [-0.4, -0.2) is 11.7 Å². The molecule has 2 nitrogen and oxygen atoms in total. The molecule has 0 saturated heterocycles. The number of ether oxygens (including phenoxy) is 1. The fourth-order valence-electron chi connectivity index (χ4n) is 4.83. The van der Waals surface area contributed by atoms with Gasteiger partial charge in [-0.1, -0.05) is 30.3 Å². The van der Waals surface area contributed by atoms with E-state index in [1.165, 1.54) is 43.3 Å². The number of allylic oxidation sites excluding steroid dienone is 2. The molecular weight excluding hydrogens is 487 g/mol. The third kappa shape index (κ3) is 5.72. The van der Waals surface area contributed by atoms with E-state index >= 15 is 0 Å². The molecule has 3 aromatic carbocycles. The van der Waals surface area contributed by atoms with E-state index in [1.807, 2.05) is 6.08 Å². The zero-order chi connectivity index (χ0) is 26.7. The third-order valence-corrected chi connectivity index (χ3v) is 6.96. The van der Waals surface area contributed by atoms with Gasteiger partial charge < -0.3 is 9.84 Å². The molecule has 3 aromatic rings. The first-order valence-electron chi connectivity index (χ1n) is 12.5. The summed E-state index contributed by atoms with van der Waals surface area (Å²) in [5.74, 6) is -4.82. The van der Waals surface area contributed by atoms with Gasteiger partial charge in [0.2, 0.25) is 5.82 Å². The van der Waals surface area contributed by atoms with Crippen LogP contribution in [0.3, 0.4) is 0 Å². The molecule has 0 radical (unpaired) electrons. The van der Waals surface area contributed by atoms with Crippen LogP contribution in [0.1, 0.15) is 62.3 Å². The number of hydrogen-bond donors (Lipinski definition) is 1. The second kappa shape index (κ2) is 11.5. The summed E-state index contributed by atoms with van der Waals surface area (Å²) in [6.07, 6.45) is 4.21. The highest BCUT2D eigenvalue weighted by Gasteiger charge is 2.21. The Labute approximate surface area is 213 Å². The van der Waals surface area contributed by atoms with E-state index in [2.05, 4.69) is 0 Å². The lowest BCUT2D eigenvalue weighted by Gasteiger charge is -2.23. The van der Waals surface area contributed by atoms with Crippen LogP contribution in [0, 0.1) is 35.0 Å². The summed E-state index contributed by atoms with van der Waals surface area (Å²) < 4.78 is 77.3. The summed E-state index contributed by atoms with van der Waals surface area (Å²) >= 11 is 0. The minimum Gasteiger partial charge on any atom is -0.491 e. The van der Waals surface area contributed by atoms with Crippen LogP contribution in [0.25, 0.3) is 16.7 Å². The molecule has 0 bridgehead atoms. The molecule has 0 saturated carbocycles. The topological polar surface area (TPSA) is 29.5 Å². The van der Waals surface area contributed by atoms with E-state index in [0.717, 1.165) is 12.0 Å². The minimum absolute atomic E-state index is 0.0339. The van der Waals surface area contributed by atoms with Crippen LogP contribution in [0.2, 0.25) is 0 Å². The fourth-order valence-corrected chi connectivity index (χ4v) is 4.83. The summed E-state index contributed by atoms with van der Waals surface area (Å²) in [4.78, 5) is 0. The lowest BCUT2D eigenvalue weighted by Crippen LogP contribution is -2.09. The number of rotatable bonds is 8. The summed E-state index contributed by atoms with van der Waals surface area (Å²) in [5, 5.41) is 9.54. The van der Waals surface area contributed by atoms with Crippen LogP contribution in [0.15, 0.2) is 48.5 Å². The van der Waals surface area contributed by atoms with Crippen LogP contribution in [0.4, 0.5) is 22.0 Å². The van der Waals surface area contributed by atoms with E-state index in [4.69, 9.17) is 4.74 Å². The standard InChI is InChI=1S/C30H29F5O2/c1-3-37-26-15-14-24(29(34)30(26)35)23-13-11-21(16-25(23)31)19-7-4-18(5-8-19)6-9-20-10-12-22(17(2)36)28(33)27(20)32/h7,10-18,36H,3-6,8-9H2,1-2H3. The van der Waals surface area contributed by atoms with Gasteiger partial charge in [-0.15, -0.1) is 0 Å². The molecule has 0 spiro atoms. The highest BCUT2D eigenvalue weighted by atomic mass is 19.2. The van der Waals surface area contributed by atoms with Gasteiger partial charge in [-0.25, -0.2) is 17.6 Å². The first kappa shape index (κ1) is 26.9. The lowest BCUT2D eigenvalue weighted by molar-refractivity contribution is 0.192. The van der Waals surface area contributed by atoms with Gasteiger partial charge >= 0.3 is 0 Å². The largest absolute Gasteiger partial charge is 0.491 e. The van der Waals surface area contributed by atoms with E-state index < -0.39 is 35.2 Å². The van der Waals surface area contributed by atoms with Crippen LogP contribution in [-0.2, 0) is 6.42 Å². The molecule has 2 unspecified atom stereocenters. The average Bonchev–Trinajstić information content (AvgIpc) is 2.88. The lowest BCUT2D eigenvalue weighted by atomic mass is 9.83. The molecule has 7 heteroatoms. The Bertz CT molecular complexity index is 1320. The Morgan fingerprint density at radius 3 is 2.32 bits per heavy atom. The Morgan fingerprint density at radius 1 is 0.919 bits per heavy atom. The molecule has 1 aliphatic rings. The maximum atomic E-state index is 15.0. The molecule has 0 fully saturated rings. The van der Waals surface area contributed by atoms with Crippen molar-refractivity contribution in [1.82, 2.24) is 0 Å². The van der Waals surface area contributed by atoms with Gasteiger partial charge in [0.05, 0.1) is 12.7 Å². The maximum Gasteiger partial charge on any atom is 0.201 e. The Hall–Kier alpha value is -3.19. The van der Waals surface area contributed by atoms with Gasteiger partial charge in [-0.2, -0.15) is 4.39 Å². The van der Waals surface area contributed by atoms with Crippen molar-refractivity contribution in [2.24, 2.45) is 5.92 Å². The molecule has 37 heavy (non-hydrogen) atoms. The van der Waals surface area contributed by atoms with Gasteiger partial charge in [0.1, 0.15) is 5.82 Å². The van der Waals surface area contributed by atoms with Crippen molar-refractivity contribution < 1.29 is 31.8 Å². The van der Waals surface area contributed by atoms with Crippen molar-refractivity contribution in [1.29, 1.82) is 0 Å². The van der Waals surface area contributed by atoms with E-state index in [1.54, 1.807) is 13.0 Å². The molecule has 0 amide bonds. The Kier molecular flexibility index (Phi) is 8.32. The molecule has 1 N–H and O–H groups in total. The minimum atomic E-state index is -1.16. The molecule has 0 aromatic heterocycles. The number of hydrogen-bond acceptors (Lipinski definition) is 2. The van der Waals surface area contributed by atoms with Crippen molar-refractivity contribution in [2.75, 3.05) is 6.61 Å². The van der Waals surface area contributed by atoms with Crippen LogP contribution < -0.4 is 4.74 Å². The van der Waals surface area contributed by atoms with E-state index in [9.17, 15) is 27.1 Å². The van der Waals surface area contributed by atoms with Gasteiger partial charge in [-0.05, 0) is 86.8 Å². The zero-order valence-corrected chi connectivity index (χ0v) is 20.8. The number of aliphatic hydroxyl groups excluding tert-OH is 1. The van der Waals surface area contributed by atoms with Crippen molar-refractivity contribution in [3.05, 3.63) is 94.3 Å². The molecule has 4 rings (SSSR count). The highest BCUT2D eigenvalue weighted by Crippen LogP contribution is 2.36. The average molecular weight is 517 g/mol. The van der Waals surface area contributed by atoms with Gasteiger partial charge in [0, 0.05) is 16.7 Å². The summed E-state index contributed by atoms with van der Waals surface area (Å²) in [6, 6.07) is 10.0. The molecule has 0 aliphatic heterocycles. The zero-order valence-electron chi connectivity index (χ0n) is 20.8. The first-order chi connectivity index (χ1) is 17.7.